The molecule has 11 heteroatoms. The predicted octanol–water partition coefficient (Wildman–Crippen LogP) is 4.47. The summed E-state index contributed by atoms with van der Waals surface area (Å²) in [5.74, 6) is -0.775. The second-order valence-corrected chi connectivity index (χ2v) is 8.13. The Hall–Kier alpha value is -3.43. The number of benzene rings is 2. The summed E-state index contributed by atoms with van der Waals surface area (Å²) in [6.45, 7) is 3.67. The van der Waals surface area contributed by atoms with Crippen molar-refractivity contribution in [3.8, 4) is 23.0 Å². The molecule has 3 rings (SSSR count). The number of carbonyl (C=O) groups is 3. The molecule has 1 aliphatic heterocycles. The Kier molecular flexibility index (Phi) is 7.58. The maximum Gasteiger partial charge on any atom is 0.336 e. The molecule has 4 amide bonds. The van der Waals surface area contributed by atoms with Crippen LogP contribution < -0.4 is 29.2 Å². The minimum absolute atomic E-state index is 0.0425. The van der Waals surface area contributed by atoms with Crippen LogP contribution in [0.2, 0.25) is 10.0 Å². The van der Waals surface area contributed by atoms with E-state index in [2.05, 4.69) is 5.32 Å². The van der Waals surface area contributed by atoms with Crippen LogP contribution in [0.25, 0.3) is 6.08 Å². The number of nitrogens with zero attached hydrogens (tertiary/aromatic N) is 1. The number of amides is 4. The van der Waals surface area contributed by atoms with Gasteiger partial charge in [0.05, 0.1) is 43.2 Å². The third-order valence-electron chi connectivity index (χ3n) is 4.71. The molecule has 0 aliphatic carbocycles. The van der Waals surface area contributed by atoms with Gasteiger partial charge in [-0.3, -0.25) is 14.9 Å². The van der Waals surface area contributed by atoms with Crippen molar-refractivity contribution in [2.45, 2.75) is 20.0 Å². The van der Waals surface area contributed by atoms with E-state index in [1.807, 2.05) is 13.8 Å². The Morgan fingerprint density at radius 2 is 1.53 bits per heavy atom. The zero-order valence-corrected chi connectivity index (χ0v) is 20.5. The zero-order valence-electron chi connectivity index (χ0n) is 19.0. The van der Waals surface area contributed by atoms with Crippen LogP contribution in [0.3, 0.4) is 0 Å². The van der Waals surface area contributed by atoms with Gasteiger partial charge in [-0.15, -0.1) is 0 Å². The maximum atomic E-state index is 13.3. The normalized spacial score (nSPS) is 15.0. The van der Waals surface area contributed by atoms with Gasteiger partial charge in [0.2, 0.25) is 0 Å². The van der Waals surface area contributed by atoms with Gasteiger partial charge in [0.15, 0.2) is 11.5 Å². The van der Waals surface area contributed by atoms with E-state index in [0.717, 1.165) is 4.90 Å². The number of barbiturate groups is 1. The molecule has 2 aromatic rings. The Balaban J connectivity index is 2.10. The highest BCUT2D eigenvalue weighted by Crippen LogP contribution is 2.40. The van der Waals surface area contributed by atoms with E-state index >= 15 is 0 Å². The number of imide groups is 2. The Labute approximate surface area is 206 Å². The van der Waals surface area contributed by atoms with Crippen LogP contribution >= 0.6 is 23.2 Å². The first kappa shape index (κ1) is 25.2. The van der Waals surface area contributed by atoms with E-state index in [9.17, 15) is 14.4 Å². The molecule has 9 nitrogen and oxygen atoms in total. The SMILES string of the molecule is COc1cc(N2C(=O)NC(=O)/C(=C\c3cc(Cl)c(OC(C)C)c(OC)c3)C2=O)c(OC)cc1Cl. The highest BCUT2D eigenvalue weighted by molar-refractivity contribution is 6.40. The highest BCUT2D eigenvalue weighted by Gasteiger charge is 2.38. The van der Waals surface area contributed by atoms with Gasteiger partial charge in [0, 0.05) is 12.1 Å². The molecule has 0 bridgehead atoms. The van der Waals surface area contributed by atoms with Gasteiger partial charge in [-0.1, -0.05) is 23.2 Å². The average Bonchev–Trinajstić information content (AvgIpc) is 2.78. The molecule has 2 aromatic carbocycles. The molecule has 1 saturated heterocycles. The van der Waals surface area contributed by atoms with Crippen molar-refractivity contribution >= 4 is 52.8 Å². The van der Waals surface area contributed by atoms with E-state index in [1.54, 1.807) is 6.07 Å². The second-order valence-electron chi connectivity index (χ2n) is 7.32. The summed E-state index contributed by atoms with van der Waals surface area (Å²) in [5, 5.41) is 2.59. The average molecular weight is 509 g/mol. The number of hydrogen-bond donors (Lipinski definition) is 1. The Morgan fingerprint density at radius 3 is 2.12 bits per heavy atom. The number of rotatable bonds is 7. The lowest BCUT2D eigenvalue weighted by molar-refractivity contribution is -0.122. The van der Waals surface area contributed by atoms with Crippen LogP contribution in [0.15, 0.2) is 29.8 Å². The number of urea groups is 1. The summed E-state index contributed by atoms with van der Waals surface area (Å²) in [6, 6.07) is 4.88. The molecule has 1 heterocycles. The van der Waals surface area contributed by atoms with E-state index in [1.165, 1.54) is 45.6 Å². The number of ether oxygens (including phenoxy) is 4. The third kappa shape index (κ3) is 4.90. The zero-order chi connectivity index (χ0) is 25.2. The van der Waals surface area contributed by atoms with Crippen LogP contribution in [0, 0.1) is 0 Å². The molecule has 1 fully saturated rings. The maximum absolute atomic E-state index is 13.3. The van der Waals surface area contributed by atoms with Crippen LogP contribution in [0.4, 0.5) is 10.5 Å². The first-order valence-electron chi connectivity index (χ1n) is 9.98. The Bertz CT molecular complexity index is 1190. The number of hydrogen-bond acceptors (Lipinski definition) is 7. The van der Waals surface area contributed by atoms with Crippen LogP contribution in [-0.4, -0.2) is 45.3 Å². The van der Waals surface area contributed by atoms with E-state index in [0.29, 0.717) is 17.1 Å². The Morgan fingerprint density at radius 1 is 0.882 bits per heavy atom. The molecular weight excluding hydrogens is 487 g/mol. The summed E-state index contributed by atoms with van der Waals surface area (Å²) in [4.78, 5) is 39.3. The summed E-state index contributed by atoms with van der Waals surface area (Å²) in [7, 11) is 4.17. The van der Waals surface area contributed by atoms with Gasteiger partial charge >= 0.3 is 6.03 Å². The molecule has 1 aliphatic rings. The monoisotopic (exact) mass is 508 g/mol. The molecule has 0 unspecified atom stereocenters. The van der Waals surface area contributed by atoms with Gasteiger partial charge in [-0.25, -0.2) is 9.69 Å². The molecule has 180 valence electrons. The fourth-order valence-corrected chi connectivity index (χ4v) is 3.73. The van der Waals surface area contributed by atoms with Crippen molar-refractivity contribution in [3.05, 3.63) is 45.4 Å². The summed E-state index contributed by atoms with van der Waals surface area (Å²) in [5.41, 5.74) is 0.110. The summed E-state index contributed by atoms with van der Waals surface area (Å²) >= 11 is 12.5. The lowest BCUT2D eigenvalue weighted by atomic mass is 10.1. The van der Waals surface area contributed by atoms with Crippen molar-refractivity contribution < 1.29 is 33.3 Å². The van der Waals surface area contributed by atoms with Crippen molar-refractivity contribution in [1.29, 1.82) is 0 Å². The van der Waals surface area contributed by atoms with Crippen LogP contribution in [0.1, 0.15) is 19.4 Å². The quantitative estimate of drug-likeness (QED) is 0.434. The first-order valence-corrected chi connectivity index (χ1v) is 10.7. The number of carbonyl (C=O) groups excluding carboxylic acids is 3. The predicted molar refractivity (Wildman–Crippen MR) is 127 cm³/mol. The minimum Gasteiger partial charge on any atom is -0.495 e. The second kappa shape index (κ2) is 10.2. The highest BCUT2D eigenvalue weighted by atomic mass is 35.5. The lowest BCUT2D eigenvalue weighted by Crippen LogP contribution is -2.54. The largest absolute Gasteiger partial charge is 0.495 e. The van der Waals surface area contributed by atoms with Crippen LogP contribution in [-0.2, 0) is 9.59 Å². The fourth-order valence-electron chi connectivity index (χ4n) is 3.24. The van der Waals surface area contributed by atoms with Crippen LogP contribution in [0.5, 0.6) is 23.0 Å². The molecule has 0 aromatic heterocycles. The standard InChI is InChI=1S/C23H22Cl2N2O7/c1-11(2)34-20-15(25)7-12(8-19(20)33-5)6-13-21(28)26-23(30)27(22(13)29)16-10-17(31-3)14(24)9-18(16)32-4/h6-11H,1-5H3,(H,26,28,30)/b13-6+. The molecule has 34 heavy (non-hydrogen) atoms. The number of methoxy groups -OCH3 is 3. The van der Waals surface area contributed by atoms with Crippen molar-refractivity contribution in [3.63, 3.8) is 0 Å². The van der Waals surface area contributed by atoms with Crippen molar-refractivity contribution in [2.75, 3.05) is 26.2 Å². The molecule has 0 spiro atoms. The van der Waals surface area contributed by atoms with Gasteiger partial charge < -0.3 is 18.9 Å². The molecular formula is C23H22Cl2N2O7. The molecule has 0 atom stereocenters. The molecule has 0 saturated carbocycles. The van der Waals surface area contributed by atoms with Crippen molar-refractivity contribution in [2.24, 2.45) is 0 Å². The first-order chi connectivity index (χ1) is 16.1. The fraction of sp³-hybridized carbons (Fsp3) is 0.261. The van der Waals surface area contributed by atoms with Gasteiger partial charge in [-0.05, 0) is 37.6 Å². The van der Waals surface area contributed by atoms with E-state index < -0.39 is 17.8 Å². The summed E-state index contributed by atoms with van der Waals surface area (Å²) in [6.07, 6.45) is 1.14. The minimum atomic E-state index is -0.953. The number of halogens is 2. The van der Waals surface area contributed by atoms with Gasteiger partial charge in [0.1, 0.15) is 17.1 Å². The summed E-state index contributed by atoms with van der Waals surface area (Å²) < 4.78 is 21.5. The number of nitrogens with one attached hydrogen (secondary N) is 1. The lowest BCUT2D eigenvalue weighted by Gasteiger charge is -2.28. The van der Waals surface area contributed by atoms with Gasteiger partial charge in [0.25, 0.3) is 11.8 Å². The van der Waals surface area contributed by atoms with E-state index in [-0.39, 0.29) is 38.9 Å². The topological polar surface area (TPSA) is 103 Å². The van der Waals surface area contributed by atoms with Gasteiger partial charge in [-0.2, -0.15) is 0 Å². The molecule has 0 radical (unpaired) electrons. The molecule has 1 N–H and O–H groups in total. The number of anilines is 1. The van der Waals surface area contributed by atoms with Crippen molar-refractivity contribution in [1.82, 2.24) is 5.32 Å². The third-order valence-corrected chi connectivity index (χ3v) is 5.29. The smallest absolute Gasteiger partial charge is 0.336 e. The van der Waals surface area contributed by atoms with E-state index in [4.69, 9.17) is 42.1 Å².